The molecule has 3 rings (SSSR count). The lowest BCUT2D eigenvalue weighted by Gasteiger charge is -2.45. The van der Waals surface area contributed by atoms with Gasteiger partial charge in [0.1, 0.15) is 0 Å². The Morgan fingerprint density at radius 1 is 1.25 bits per heavy atom. The highest BCUT2D eigenvalue weighted by molar-refractivity contribution is 5.55. The number of ether oxygens (including phenoxy) is 1. The van der Waals surface area contributed by atoms with Crippen LogP contribution in [0.15, 0.2) is 24.3 Å². The van der Waals surface area contributed by atoms with E-state index in [0.29, 0.717) is 12.1 Å². The molecular weight excluding hydrogens is 248 g/mol. The molecule has 1 aliphatic carbocycles. The molecule has 0 aromatic heterocycles. The molecule has 1 heterocycles. The highest BCUT2D eigenvalue weighted by atomic mass is 16.5. The minimum absolute atomic E-state index is 0.449. The topological polar surface area (TPSA) is 24.5 Å². The Kier molecular flexibility index (Phi) is 4.58. The van der Waals surface area contributed by atoms with Gasteiger partial charge in [0.05, 0.1) is 18.8 Å². The predicted molar refractivity (Wildman–Crippen MR) is 83.2 cm³/mol. The van der Waals surface area contributed by atoms with E-state index in [1.165, 1.54) is 36.9 Å². The van der Waals surface area contributed by atoms with Crippen molar-refractivity contribution in [3.8, 4) is 0 Å². The molecule has 1 N–H and O–H groups in total. The van der Waals surface area contributed by atoms with Gasteiger partial charge in [-0.1, -0.05) is 38.0 Å². The van der Waals surface area contributed by atoms with Crippen molar-refractivity contribution >= 4 is 5.69 Å². The molecule has 3 heteroatoms. The van der Waals surface area contributed by atoms with Gasteiger partial charge in [-0.15, -0.1) is 0 Å². The number of rotatable bonds is 4. The van der Waals surface area contributed by atoms with Crippen LogP contribution in [0.1, 0.15) is 38.2 Å². The van der Waals surface area contributed by atoms with Gasteiger partial charge in [0.25, 0.3) is 0 Å². The van der Waals surface area contributed by atoms with Crippen molar-refractivity contribution in [1.29, 1.82) is 0 Å². The average molecular weight is 274 g/mol. The van der Waals surface area contributed by atoms with E-state index in [0.717, 1.165) is 26.2 Å². The van der Waals surface area contributed by atoms with Crippen LogP contribution in [0, 0.1) is 0 Å². The van der Waals surface area contributed by atoms with Gasteiger partial charge in [-0.25, -0.2) is 0 Å². The molecule has 1 saturated heterocycles. The summed E-state index contributed by atoms with van der Waals surface area (Å²) in [6.07, 6.45) is 5.63. The zero-order valence-corrected chi connectivity index (χ0v) is 12.5. The molecular formula is C17H26N2O. The molecule has 0 amide bonds. The third-order valence-corrected chi connectivity index (χ3v) is 4.60. The lowest BCUT2D eigenvalue weighted by atomic mass is 9.89. The fourth-order valence-corrected chi connectivity index (χ4v) is 3.60. The largest absolute Gasteiger partial charge is 0.374 e. The number of anilines is 1. The lowest BCUT2D eigenvalue weighted by Crippen LogP contribution is -2.53. The van der Waals surface area contributed by atoms with Crippen LogP contribution in [-0.2, 0) is 11.3 Å². The maximum Gasteiger partial charge on any atom is 0.0779 e. The number of benzene rings is 1. The molecule has 2 fully saturated rings. The van der Waals surface area contributed by atoms with Crippen molar-refractivity contribution in [3.05, 3.63) is 29.8 Å². The molecule has 3 nitrogen and oxygen atoms in total. The minimum Gasteiger partial charge on any atom is -0.374 e. The summed E-state index contributed by atoms with van der Waals surface area (Å²) in [5.74, 6) is 0. The van der Waals surface area contributed by atoms with E-state index in [-0.39, 0.29) is 0 Å². The first-order chi connectivity index (χ1) is 9.90. The fourth-order valence-electron chi connectivity index (χ4n) is 3.60. The highest BCUT2D eigenvalue weighted by Gasteiger charge is 2.34. The summed E-state index contributed by atoms with van der Waals surface area (Å²) < 4.78 is 6.00. The molecule has 0 radical (unpaired) electrons. The van der Waals surface area contributed by atoms with Crippen molar-refractivity contribution in [2.45, 2.75) is 51.3 Å². The first kappa shape index (κ1) is 13.9. The molecule has 2 aliphatic rings. The van der Waals surface area contributed by atoms with E-state index < -0.39 is 0 Å². The summed E-state index contributed by atoms with van der Waals surface area (Å²) in [5, 5.41) is 3.46. The maximum atomic E-state index is 6.00. The molecule has 1 aromatic carbocycles. The summed E-state index contributed by atoms with van der Waals surface area (Å²) in [4.78, 5) is 2.61. The minimum atomic E-state index is 0.449. The molecule has 2 atom stereocenters. The van der Waals surface area contributed by atoms with Crippen molar-refractivity contribution in [3.63, 3.8) is 0 Å². The van der Waals surface area contributed by atoms with Crippen LogP contribution >= 0.6 is 0 Å². The Labute approximate surface area is 122 Å². The average Bonchev–Trinajstić information content (AvgIpc) is 2.53. The predicted octanol–water partition coefficient (Wildman–Crippen LogP) is 2.94. The Morgan fingerprint density at radius 3 is 3.00 bits per heavy atom. The van der Waals surface area contributed by atoms with Crippen LogP contribution in [0.2, 0.25) is 0 Å². The number of nitrogens with zero attached hydrogens (tertiary/aromatic N) is 1. The summed E-state index contributed by atoms with van der Waals surface area (Å²) in [6, 6.07) is 9.43. The van der Waals surface area contributed by atoms with Gasteiger partial charge < -0.3 is 15.0 Å². The summed E-state index contributed by atoms with van der Waals surface area (Å²) in [5.41, 5.74) is 2.83. The Morgan fingerprint density at radius 2 is 2.10 bits per heavy atom. The van der Waals surface area contributed by atoms with Crippen LogP contribution in [0.3, 0.4) is 0 Å². The first-order valence-electron chi connectivity index (χ1n) is 8.07. The number of morpholine rings is 1. The van der Waals surface area contributed by atoms with E-state index in [2.05, 4.69) is 41.4 Å². The van der Waals surface area contributed by atoms with Crippen molar-refractivity contribution in [2.75, 3.05) is 24.6 Å². The van der Waals surface area contributed by atoms with Crippen LogP contribution in [0.4, 0.5) is 5.69 Å². The molecule has 2 unspecified atom stereocenters. The molecule has 20 heavy (non-hydrogen) atoms. The quantitative estimate of drug-likeness (QED) is 0.913. The van der Waals surface area contributed by atoms with E-state index in [1.54, 1.807) is 0 Å². The number of nitrogens with one attached hydrogen (secondary N) is 1. The van der Waals surface area contributed by atoms with Crippen LogP contribution < -0.4 is 10.2 Å². The molecule has 110 valence electrons. The van der Waals surface area contributed by atoms with Gasteiger partial charge in [0.2, 0.25) is 0 Å². The van der Waals surface area contributed by atoms with Crippen molar-refractivity contribution in [1.82, 2.24) is 5.32 Å². The molecule has 1 saturated carbocycles. The van der Waals surface area contributed by atoms with Crippen LogP contribution in [-0.4, -0.2) is 31.8 Å². The van der Waals surface area contributed by atoms with Gasteiger partial charge in [-0.2, -0.15) is 0 Å². The SMILES string of the molecule is CCNCc1ccccc1N1CCOC2CCCCC21. The normalized spacial score (nSPS) is 26.4. The number of fused-ring (bicyclic) bond motifs is 1. The van der Waals surface area contributed by atoms with E-state index in [1.807, 2.05) is 0 Å². The molecule has 0 spiro atoms. The van der Waals surface area contributed by atoms with Gasteiger partial charge in [0.15, 0.2) is 0 Å². The van der Waals surface area contributed by atoms with Gasteiger partial charge in [0, 0.05) is 18.8 Å². The maximum absolute atomic E-state index is 6.00. The Balaban J connectivity index is 1.83. The van der Waals surface area contributed by atoms with Crippen LogP contribution in [0.5, 0.6) is 0 Å². The lowest BCUT2D eigenvalue weighted by molar-refractivity contribution is -0.00874. The highest BCUT2D eigenvalue weighted by Crippen LogP contribution is 2.33. The third-order valence-electron chi connectivity index (χ3n) is 4.60. The smallest absolute Gasteiger partial charge is 0.0779 e. The zero-order valence-electron chi connectivity index (χ0n) is 12.5. The molecule has 1 aliphatic heterocycles. The Bertz CT molecular complexity index is 433. The van der Waals surface area contributed by atoms with E-state index in [4.69, 9.17) is 4.74 Å². The zero-order chi connectivity index (χ0) is 13.8. The van der Waals surface area contributed by atoms with Crippen LogP contribution in [0.25, 0.3) is 0 Å². The molecule has 0 bridgehead atoms. The molecule has 1 aromatic rings. The van der Waals surface area contributed by atoms with Gasteiger partial charge in [-0.05, 0) is 31.0 Å². The Hall–Kier alpha value is -1.06. The van der Waals surface area contributed by atoms with E-state index in [9.17, 15) is 0 Å². The summed E-state index contributed by atoms with van der Waals surface area (Å²) in [7, 11) is 0. The second-order valence-electron chi connectivity index (χ2n) is 5.86. The second kappa shape index (κ2) is 6.59. The van der Waals surface area contributed by atoms with Crippen molar-refractivity contribution < 1.29 is 4.74 Å². The monoisotopic (exact) mass is 274 g/mol. The third kappa shape index (κ3) is 2.84. The first-order valence-corrected chi connectivity index (χ1v) is 8.07. The van der Waals surface area contributed by atoms with Gasteiger partial charge >= 0.3 is 0 Å². The number of hydrogen-bond donors (Lipinski definition) is 1. The second-order valence-corrected chi connectivity index (χ2v) is 5.86. The number of hydrogen-bond acceptors (Lipinski definition) is 3. The van der Waals surface area contributed by atoms with Crippen molar-refractivity contribution in [2.24, 2.45) is 0 Å². The summed E-state index contributed by atoms with van der Waals surface area (Å²) >= 11 is 0. The summed E-state index contributed by atoms with van der Waals surface area (Å²) in [6.45, 7) is 6.04. The number of para-hydroxylation sites is 1. The standard InChI is InChI=1S/C17H26N2O/c1-2-18-13-14-7-3-4-8-15(14)19-11-12-20-17-10-6-5-9-16(17)19/h3-4,7-8,16-18H,2,5-6,9-13H2,1H3. The van der Waals surface area contributed by atoms with Gasteiger partial charge in [-0.3, -0.25) is 0 Å². The van der Waals surface area contributed by atoms with E-state index >= 15 is 0 Å². The fraction of sp³-hybridized carbons (Fsp3) is 0.647.